The van der Waals surface area contributed by atoms with Crippen molar-refractivity contribution in [3.05, 3.63) is 27.8 Å². The van der Waals surface area contributed by atoms with Gasteiger partial charge in [-0.05, 0) is 41.0 Å². The molecule has 0 unspecified atom stereocenters. The molecule has 100 valence electrons. The summed E-state index contributed by atoms with van der Waals surface area (Å²) in [7, 11) is 0. The third-order valence-electron chi connectivity index (χ3n) is 2.04. The van der Waals surface area contributed by atoms with Crippen LogP contribution in [0.2, 0.25) is 0 Å². The summed E-state index contributed by atoms with van der Waals surface area (Å²) in [5.41, 5.74) is 0.843. The third-order valence-corrected chi connectivity index (χ3v) is 6.01. The van der Waals surface area contributed by atoms with Crippen LogP contribution in [0, 0.1) is 3.57 Å². The van der Waals surface area contributed by atoms with Crippen molar-refractivity contribution in [3.63, 3.8) is 0 Å². The molecular weight excluding hydrogens is 413 g/mol. The van der Waals surface area contributed by atoms with E-state index < -0.39 is 0 Å². The van der Waals surface area contributed by atoms with Crippen LogP contribution >= 0.6 is 57.5 Å². The van der Waals surface area contributed by atoms with Gasteiger partial charge in [0.2, 0.25) is 5.91 Å². The van der Waals surface area contributed by atoms with Crippen molar-refractivity contribution in [2.45, 2.75) is 8.68 Å². The number of carbonyl (C=O) groups is 1. The lowest BCUT2D eigenvalue weighted by Crippen LogP contribution is -2.14. The maximum atomic E-state index is 11.8. The van der Waals surface area contributed by atoms with Crippen molar-refractivity contribution in [3.8, 4) is 0 Å². The zero-order chi connectivity index (χ0) is 13.7. The average molecular weight is 423 g/mol. The highest BCUT2D eigenvalue weighted by atomic mass is 127. The number of nitrogens with one attached hydrogen (secondary N) is 1. The number of amides is 1. The number of halogens is 1. The molecular formula is C11H10IN3OS3. The van der Waals surface area contributed by atoms with E-state index in [-0.39, 0.29) is 5.91 Å². The van der Waals surface area contributed by atoms with Crippen molar-refractivity contribution >= 4 is 69.0 Å². The first-order valence-electron chi connectivity index (χ1n) is 5.23. The predicted octanol–water partition coefficient (Wildman–Crippen LogP) is 3.60. The molecule has 4 nitrogen and oxygen atoms in total. The van der Waals surface area contributed by atoms with Gasteiger partial charge in [-0.1, -0.05) is 47.0 Å². The summed E-state index contributed by atoms with van der Waals surface area (Å²) >= 11 is 6.67. The number of thioether (sulfide) groups is 2. The van der Waals surface area contributed by atoms with Gasteiger partial charge in [-0.2, -0.15) is 0 Å². The number of hydrogen-bond acceptors (Lipinski definition) is 6. The van der Waals surface area contributed by atoms with Gasteiger partial charge >= 0.3 is 0 Å². The summed E-state index contributed by atoms with van der Waals surface area (Å²) in [6.07, 6.45) is 1.96. The van der Waals surface area contributed by atoms with Crippen molar-refractivity contribution in [2.24, 2.45) is 0 Å². The zero-order valence-electron chi connectivity index (χ0n) is 9.92. The van der Waals surface area contributed by atoms with E-state index in [9.17, 15) is 4.79 Å². The molecule has 0 saturated heterocycles. The highest BCUT2D eigenvalue weighted by Crippen LogP contribution is 2.27. The fraction of sp³-hybridized carbons (Fsp3) is 0.182. The van der Waals surface area contributed by atoms with Gasteiger partial charge < -0.3 is 5.32 Å². The highest BCUT2D eigenvalue weighted by Gasteiger charge is 2.09. The molecule has 0 spiro atoms. The number of benzene rings is 1. The van der Waals surface area contributed by atoms with Gasteiger partial charge in [0.25, 0.3) is 0 Å². The smallest absolute Gasteiger partial charge is 0.234 e. The number of rotatable bonds is 5. The second kappa shape index (κ2) is 7.46. The Hall–Kier alpha value is -0.320. The van der Waals surface area contributed by atoms with Crippen molar-refractivity contribution in [1.29, 1.82) is 0 Å². The minimum Gasteiger partial charge on any atom is -0.324 e. The molecule has 1 amide bonds. The normalized spacial score (nSPS) is 10.4. The Bertz CT molecular complexity index is 576. The van der Waals surface area contributed by atoms with Crippen LogP contribution in [-0.4, -0.2) is 28.1 Å². The highest BCUT2D eigenvalue weighted by molar-refractivity contribution is 14.1. The Kier molecular flexibility index (Phi) is 5.92. The summed E-state index contributed by atoms with van der Waals surface area (Å²) in [6, 6.07) is 7.69. The van der Waals surface area contributed by atoms with Crippen LogP contribution in [0.5, 0.6) is 0 Å². The van der Waals surface area contributed by atoms with Crippen LogP contribution in [0.1, 0.15) is 0 Å². The fourth-order valence-corrected chi connectivity index (χ4v) is 3.97. The second-order valence-electron chi connectivity index (χ2n) is 3.35. The molecule has 2 rings (SSSR count). The van der Waals surface area contributed by atoms with E-state index in [1.165, 1.54) is 23.1 Å². The molecule has 1 heterocycles. The molecule has 19 heavy (non-hydrogen) atoms. The molecule has 8 heteroatoms. The van der Waals surface area contributed by atoms with Gasteiger partial charge in [-0.15, -0.1) is 10.2 Å². The zero-order valence-corrected chi connectivity index (χ0v) is 14.5. The topological polar surface area (TPSA) is 54.9 Å². The molecule has 0 aliphatic heterocycles. The largest absolute Gasteiger partial charge is 0.324 e. The summed E-state index contributed by atoms with van der Waals surface area (Å²) in [5.74, 6) is 0.309. The Labute approximate surface area is 137 Å². The van der Waals surface area contributed by atoms with E-state index >= 15 is 0 Å². The molecule has 0 radical (unpaired) electrons. The van der Waals surface area contributed by atoms with E-state index in [0.717, 1.165) is 17.9 Å². The lowest BCUT2D eigenvalue weighted by Gasteiger charge is -2.05. The molecule has 0 atom stereocenters. The van der Waals surface area contributed by atoms with Crippen molar-refractivity contribution in [2.75, 3.05) is 17.3 Å². The molecule has 1 aromatic heterocycles. The van der Waals surface area contributed by atoms with Gasteiger partial charge in [0.15, 0.2) is 8.68 Å². The second-order valence-corrected chi connectivity index (χ2v) is 7.77. The first-order chi connectivity index (χ1) is 9.19. The third kappa shape index (κ3) is 4.62. The quantitative estimate of drug-likeness (QED) is 0.589. The van der Waals surface area contributed by atoms with Crippen LogP contribution in [0.4, 0.5) is 5.69 Å². The van der Waals surface area contributed by atoms with Crippen LogP contribution in [0.3, 0.4) is 0 Å². The van der Waals surface area contributed by atoms with Gasteiger partial charge in [0.1, 0.15) is 0 Å². The van der Waals surface area contributed by atoms with Crippen molar-refractivity contribution < 1.29 is 4.79 Å². The lowest BCUT2D eigenvalue weighted by atomic mass is 10.3. The molecule has 0 bridgehead atoms. The maximum Gasteiger partial charge on any atom is 0.234 e. The summed E-state index contributed by atoms with van der Waals surface area (Å²) in [4.78, 5) is 11.8. The molecule has 1 aromatic carbocycles. The average Bonchev–Trinajstić information content (AvgIpc) is 2.87. The predicted molar refractivity (Wildman–Crippen MR) is 90.2 cm³/mol. The van der Waals surface area contributed by atoms with Crippen LogP contribution < -0.4 is 5.32 Å². The number of aromatic nitrogens is 2. The number of nitrogens with zero attached hydrogens (tertiary/aromatic N) is 2. The Morgan fingerprint density at radius 1 is 1.37 bits per heavy atom. The minimum absolute atomic E-state index is 0.0324. The maximum absolute atomic E-state index is 11.8. The Balaban J connectivity index is 1.86. The molecule has 0 aliphatic rings. The summed E-state index contributed by atoms with van der Waals surface area (Å²) < 4.78 is 2.77. The van der Waals surface area contributed by atoms with Gasteiger partial charge in [-0.25, -0.2) is 0 Å². The van der Waals surface area contributed by atoms with E-state index in [0.29, 0.717) is 5.75 Å². The van der Waals surface area contributed by atoms with E-state index in [4.69, 9.17) is 0 Å². The summed E-state index contributed by atoms with van der Waals surface area (Å²) in [6.45, 7) is 0. The van der Waals surface area contributed by atoms with Crippen LogP contribution in [0.25, 0.3) is 0 Å². The Morgan fingerprint density at radius 2 is 2.11 bits per heavy atom. The standard InChI is InChI=1S/C11H10IN3OS3/c1-17-10-14-15-11(19-10)18-6-9(16)13-8-5-3-2-4-7(8)12/h2-5H,6H2,1H3,(H,13,16). The molecule has 0 fully saturated rings. The monoisotopic (exact) mass is 423 g/mol. The minimum atomic E-state index is -0.0324. The van der Waals surface area contributed by atoms with Gasteiger partial charge in [-0.3, -0.25) is 4.79 Å². The number of hydrogen-bond donors (Lipinski definition) is 1. The number of para-hydroxylation sites is 1. The van der Waals surface area contributed by atoms with E-state index in [2.05, 4.69) is 38.1 Å². The first kappa shape index (κ1) is 15.1. The van der Waals surface area contributed by atoms with Crippen LogP contribution in [0.15, 0.2) is 32.9 Å². The Morgan fingerprint density at radius 3 is 2.79 bits per heavy atom. The molecule has 1 N–H and O–H groups in total. The van der Waals surface area contributed by atoms with Crippen LogP contribution in [-0.2, 0) is 4.79 Å². The van der Waals surface area contributed by atoms with Crippen molar-refractivity contribution in [1.82, 2.24) is 10.2 Å². The molecule has 0 aliphatic carbocycles. The SMILES string of the molecule is CSc1nnc(SCC(=O)Nc2ccccc2I)s1. The number of anilines is 1. The fourth-order valence-electron chi connectivity index (χ4n) is 1.21. The first-order valence-corrected chi connectivity index (χ1v) is 9.34. The number of carbonyl (C=O) groups excluding carboxylic acids is 1. The molecule has 0 saturated carbocycles. The summed E-state index contributed by atoms with van der Waals surface area (Å²) in [5, 5.41) is 10.9. The van der Waals surface area contributed by atoms with E-state index in [1.807, 2.05) is 30.5 Å². The lowest BCUT2D eigenvalue weighted by molar-refractivity contribution is -0.113. The van der Waals surface area contributed by atoms with Gasteiger partial charge in [0, 0.05) is 3.57 Å². The molecule has 2 aromatic rings. The van der Waals surface area contributed by atoms with E-state index in [1.54, 1.807) is 11.8 Å². The van der Waals surface area contributed by atoms with Gasteiger partial charge in [0.05, 0.1) is 11.4 Å².